The fraction of sp³-hybridized carbons (Fsp3) is 0.111. The van der Waals surface area contributed by atoms with Crippen molar-refractivity contribution in [3.8, 4) is 11.5 Å². The molecule has 0 aliphatic carbocycles. The smallest absolute Gasteiger partial charge is 0.162 e. The van der Waals surface area contributed by atoms with Gasteiger partial charge in [-0.25, -0.2) is 4.98 Å². The third-order valence-corrected chi connectivity index (χ3v) is 1.68. The van der Waals surface area contributed by atoms with Crippen LogP contribution < -0.4 is 4.74 Å². The first kappa shape index (κ1) is 8.55. The summed E-state index contributed by atoms with van der Waals surface area (Å²) in [5.41, 5.74) is 0. The minimum atomic E-state index is 0.219. The van der Waals surface area contributed by atoms with Crippen LogP contribution in [0.1, 0.15) is 5.82 Å². The summed E-state index contributed by atoms with van der Waals surface area (Å²) in [4.78, 5) is 3.91. The summed E-state index contributed by atoms with van der Waals surface area (Å²) in [7, 11) is 0. The number of H-pyrrole nitrogens is 1. The van der Waals surface area contributed by atoms with Crippen LogP contribution in [0.2, 0.25) is 0 Å². The Kier molecular flexibility index (Phi) is 2.31. The number of hydrogen-bond donors (Lipinski definition) is 2. The van der Waals surface area contributed by atoms with Crippen molar-refractivity contribution in [3.05, 3.63) is 36.4 Å². The standard InChI is InChI=1S/C9H9N3O2/c13-7-1-3-8(4-2-7)14-5-9-10-6-11-12-9/h1-4,6,13H,5H2,(H,10,11,12). The maximum Gasteiger partial charge on any atom is 0.162 e. The zero-order chi connectivity index (χ0) is 9.80. The lowest BCUT2D eigenvalue weighted by molar-refractivity contribution is 0.296. The predicted octanol–water partition coefficient (Wildman–Crippen LogP) is 1.09. The molecule has 0 spiro atoms. The number of phenolic OH excluding ortho intramolecular Hbond substituents is 1. The Hall–Kier alpha value is -2.04. The van der Waals surface area contributed by atoms with Gasteiger partial charge >= 0.3 is 0 Å². The van der Waals surface area contributed by atoms with Gasteiger partial charge in [0.2, 0.25) is 0 Å². The van der Waals surface area contributed by atoms with E-state index in [1.807, 2.05) is 0 Å². The van der Waals surface area contributed by atoms with E-state index in [-0.39, 0.29) is 5.75 Å². The second kappa shape index (κ2) is 3.78. The van der Waals surface area contributed by atoms with Gasteiger partial charge in [-0.3, -0.25) is 5.10 Å². The summed E-state index contributed by atoms with van der Waals surface area (Å²) in [5, 5.41) is 15.4. The highest BCUT2D eigenvalue weighted by molar-refractivity contribution is 5.30. The van der Waals surface area contributed by atoms with Gasteiger partial charge in [0.15, 0.2) is 5.82 Å². The average molecular weight is 191 g/mol. The molecule has 1 aromatic heterocycles. The van der Waals surface area contributed by atoms with Gasteiger partial charge in [-0.15, -0.1) is 0 Å². The summed E-state index contributed by atoms with van der Waals surface area (Å²) in [6, 6.07) is 6.50. The monoisotopic (exact) mass is 191 g/mol. The molecule has 0 aliphatic rings. The van der Waals surface area contributed by atoms with Gasteiger partial charge in [-0.2, -0.15) is 5.10 Å². The average Bonchev–Trinajstić information content (AvgIpc) is 2.70. The van der Waals surface area contributed by atoms with E-state index in [1.54, 1.807) is 24.3 Å². The van der Waals surface area contributed by atoms with Crippen LogP contribution in [0.15, 0.2) is 30.6 Å². The molecule has 0 atom stereocenters. The molecule has 1 heterocycles. The number of aromatic hydroxyl groups is 1. The molecule has 14 heavy (non-hydrogen) atoms. The van der Waals surface area contributed by atoms with Crippen LogP contribution in [0, 0.1) is 0 Å². The Labute approximate surface area is 80.4 Å². The minimum Gasteiger partial charge on any atom is -0.508 e. The molecule has 2 N–H and O–H groups in total. The van der Waals surface area contributed by atoms with Crippen LogP contribution >= 0.6 is 0 Å². The molecule has 5 heteroatoms. The Bertz CT molecular complexity index is 383. The summed E-state index contributed by atoms with van der Waals surface area (Å²) in [6.07, 6.45) is 1.43. The zero-order valence-electron chi connectivity index (χ0n) is 7.34. The third kappa shape index (κ3) is 2.01. The first-order valence-corrected chi connectivity index (χ1v) is 4.10. The van der Waals surface area contributed by atoms with Crippen LogP contribution in [0.4, 0.5) is 0 Å². The molecule has 2 rings (SSSR count). The SMILES string of the molecule is Oc1ccc(OCc2ncn[nH]2)cc1. The summed E-state index contributed by atoms with van der Waals surface area (Å²) >= 11 is 0. The third-order valence-electron chi connectivity index (χ3n) is 1.68. The van der Waals surface area contributed by atoms with E-state index < -0.39 is 0 Å². The highest BCUT2D eigenvalue weighted by Crippen LogP contribution is 2.16. The largest absolute Gasteiger partial charge is 0.508 e. The first-order valence-electron chi connectivity index (χ1n) is 4.10. The van der Waals surface area contributed by atoms with Gasteiger partial charge in [0.1, 0.15) is 24.4 Å². The highest BCUT2D eigenvalue weighted by Gasteiger charge is 1.97. The zero-order valence-corrected chi connectivity index (χ0v) is 7.34. The van der Waals surface area contributed by atoms with E-state index in [0.717, 1.165) is 0 Å². The molecule has 0 amide bonds. The molecule has 5 nitrogen and oxygen atoms in total. The number of rotatable bonds is 3. The summed E-state index contributed by atoms with van der Waals surface area (Å²) < 4.78 is 5.36. The molecular formula is C9H9N3O2. The van der Waals surface area contributed by atoms with E-state index in [1.165, 1.54) is 6.33 Å². The molecule has 1 aromatic carbocycles. The minimum absolute atomic E-state index is 0.219. The number of aromatic nitrogens is 3. The number of benzene rings is 1. The second-order valence-electron chi connectivity index (χ2n) is 2.71. The quantitative estimate of drug-likeness (QED) is 0.761. The molecule has 0 bridgehead atoms. The van der Waals surface area contributed by atoms with Crippen molar-refractivity contribution in [1.82, 2.24) is 15.2 Å². The second-order valence-corrected chi connectivity index (χ2v) is 2.71. The number of hydrogen-bond acceptors (Lipinski definition) is 4. The van der Waals surface area contributed by atoms with Gasteiger partial charge in [0.25, 0.3) is 0 Å². The predicted molar refractivity (Wildman–Crippen MR) is 48.8 cm³/mol. The number of phenols is 1. The van der Waals surface area contributed by atoms with Gasteiger partial charge in [0, 0.05) is 0 Å². The van der Waals surface area contributed by atoms with Crippen molar-refractivity contribution in [2.75, 3.05) is 0 Å². The number of nitrogens with zero attached hydrogens (tertiary/aromatic N) is 2. The Morgan fingerprint density at radius 1 is 1.29 bits per heavy atom. The fourth-order valence-electron chi connectivity index (χ4n) is 0.994. The molecule has 0 aliphatic heterocycles. The maximum absolute atomic E-state index is 9.02. The lowest BCUT2D eigenvalue weighted by Crippen LogP contribution is -1.97. The molecule has 0 saturated heterocycles. The summed E-state index contributed by atoms with van der Waals surface area (Å²) in [5.74, 6) is 1.56. The van der Waals surface area contributed by atoms with Crippen molar-refractivity contribution < 1.29 is 9.84 Å². The molecule has 0 radical (unpaired) electrons. The fourth-order valence-corrected chi connectivity index (χ4v) is 0.994. The van der Waals surface area contributed by atoms with E-state index in [9.17, 15) is 0 Å². The van der Waals surface area contributed by atoms with Crippen molar-refractivity contribution in [3.63, 3.8) is 0 Å². The van der Waals surface area contributed by atoms with Crippen LogP contribution in [0.25, 0.3) is 0 Å². The van der Waals surface area contributed by atoms with Crippen molar-refractivity contribution in [2.45, 2.75) is 6.61 Å². The number of ether oxygens (including phenoxy) is 1. The van der Waals surface area contributed by atoms with Crippen LogP contribution in [-0.4, -0.2) is 20.3 Å². The molecule has 0 saturated carbocycles. The van der Waals surface area contributed by atoms with Crippen molar-refractivity contribution >= 4 is 0 Å². The molecular weight excluding hydrogens is 182 g/mol. The van der Waals surface area contributed by atoms with Gasteiger partial charge in [-0.05, 0) is 24.3 Å². The Balaban J connectivity index is 1.95. The molecule has 72 valence electrons. The van der Waals surface area contributed by atoms with Crippen molar-refractivity contribution in [1.29, 1.82) is 0 Å². The highest BCUT2D eigenvalue weighted by atomic mass is 16.5. The van der Waals surface area contributed by atoms with E-state index in [4.69, 9.17) is 9.84 Å². The number of aromatic amines is 1. The molecule has 0 fully saturated rings. The van der Waals surface area contributed by atoms with Crippen LogP contribution in [0.5, 0.6) is 11.5 Å². The van der Waals surface area contributed by atoms with Gasteiger partial charge in [-0.1, -0.05) is 0 Å². The van der Waals surface area contributed by atoms with Crippen LogP contribution in [-0.2, 0) is 6.61 Å². The van der Waals surface area contributed by atoms with Crippen LogP contribution in [0.3, 0.4) is 0 Å². The Morgan fingerprint density at radius 2 is 2.07 bits per heavy atom. The lowest BCUT2D eigenvalue weighted by atomic mass is 10.3. The van der Waals surface area contributed by atoms with Gasteiger partial charge < -0.3 is 9.84 Å². The summed E-state index contributed by atoms with van der Waals surface area (Å²) in [6.45, 7) is 0.338. The maximum atomic E-state index is 9.02. The molecule has 2 aromatic rings. The Morgan fingerprint density at radius 3 is 2.71 bits per heavy atom. The normalized spacial score (nSPS) is 10.0. The van der Waals surface area contributed by atoms with Crippen molar-refractivity contribution in [2.24, 2.45) is 0 Å². The topological polar surface area (TPSA) is 71.0 Å². The van der Waals surface area contributed by atoms with E-state index in [2.05, 4.69) is 15.2 Å². The van der Waals surface area contributed by atoms with Gasteiger partial charge in [0.05, 0.1) is 0 Å². The molecule has 0 unspecified atom stereocenters. The number of nitrogens with one attached hydrogen (secondary N) is 1. The lowest BCUT2D eigenvalue weighted by Gasteiger charge is -2.02. The van der Waals surface area contributed by atoms with E-state index >= 15 is 0 Å². The first-order chi connectivity index (χ1) is 6.84. The van der Waals surface area contributed by atoms with E-state index in [0.29, 0.717) is 18.2 Å².